The first-order valence-corrected chi connectivity index (χ1v) is 4.10. The van der Waals surface area contributed by atoms with E-state index in [4.69, 9.17) is 5.84 Å². The van der Waals surface area contributed by atoms with Crippen molar-refractivity contribution in [2.24, 2.45) is 10.3 Å². The molecular weight excluding hydrogens is 122 g/mol. The van der Waals surface area contributed by atoms with Gasteiger partial charge in [-0.25, -0.2) is 5.84 Å². The van der Waals surface area contributed by atoms with Crippen molar-refractivity contribution in [1.82, 2.24) is 5.32 Å². The molecule has 0 aliphatic carbocycles. The van der Waals surface area contributed by atoms with Crippen molar-refractivity contribution in [3.05, 3.63) is 0 Å². The van der Waals surface area contributed by atoms with E-state index >= 15 is 0 Å². The Morgan fingerprint density at radius 3 is 2.88 bits per heavy atom. The zero-order chi connectivity index (χ0) is 5.98. The lowest BCUT2D eigenvalue weighted by Gasteiger charge is -2.00. The summed E-state index contributed by atoms with van der Waals surface area (Å²) in [6, 6.07) is 0. The number of hydrogen-bond acceptors (Lipinski definition) is 2. The van der Waals surface area contributed by atoms with E-state index in [1.54, 1.807) is 0 Å². The molecule has 0 aromatic rings. The molecule has 3 nitrogen and oxygen atoms in total. The van der Waals surface area contributed by atoms with Gasteiger partial charge in [-0.1, -0.05) is 10.7 Å². The van der Waals surface area contributed by atoms with E-state index in [1.807, 2.05) is 0 Å². The van der Waals surface area contributed by atoms with Gasteiger partial charge >= 0.3 is 0 Å². The highest BCUT2D eigenvalue weighted by Gasteiger charge is 2.13. The van der Waals surface area contributed by atoms with E-state index in [0.29, 0.717) is 5.37 Å². The molecule has 0 bridgehead atoms. The van der Waals surface area contributed by atoms with Gasteiger partial charge in [0.15, 0.2) is 0 Å². The minimum absolute atomic E-state index is 0.113. The predicted molar refractivity (Wildman–Crippen MR) is 36.3 cm³/mol. The van der Waals surface area contributed by atoms with Gasteiger partial charge in [0, 0.05) is 12.3 Å². The Balaban J connectivity index is 2.55. The van der Waals surface area contributed by atoms with Crippen LogP contribution in [0.3, 0.4) is 0 Å². The Hall–Kier alpha value is 0.0700. The molecule has 8 heavy (non-hydrogen) atoms. The summed E-state index contributed by atoms with van der Waals surface area (Å²) in [4.78, 5) is 0. The van der Waals surface area contributed by atoms with Crippen molar-refractivity contribution >= 4 is 10.7 Å². The van der Waals surface area contributed by atoms with Gasteiger partial charge < -0.3 is 5.32 Å². The number of nitrogens with one attached hydrogen (secondary N) is 1. The first-order valence-electron chi connectivity index (χ1n) is 2.68. The number of rotatable bonds is 0. The van der Waals surface area contributed by atoms with Crippen LogP contribution in [0.1, 0.15) is 6.92 Å². The maximum Gasteiger partial charge on any atom is 0.0628 e. The average Bonchev–Trinajstić information content (AvgIpc) is 2.14. The molecule has 1 heterocycles. The number of hydrogen-bond donors (Lipinski definition) is 2. The maximum atomic E-state index is 5.12. The van der Waals surface area contributed by atoms with Crippen LogP contribution >= 0.6 is 0 Å². The van der Waals surface area contributed by atoms with Crippen LogP contribution in [0, 0.1) is 0 Å². The van der Waals surface area contributed by atoms with E-state index in [2.05, 4.69) is 16.7 Å². The zero-order valence-electron chi connectivity index (χ0n) is 4.92. The molecule has 4 heteroatoms. The van der Waals surface area contributed by atoms with Crippen molar-refractivity contribution in [2.75, 3.05) is 12.3 Å². The van der Waals surface area contributed by atoms with Gasteiger partial charge in [-0.15, -0.1) is 0 Å². The maximum absolute atomic E-state index is 5.12. The summed E-state index contributed by atoms with van der Waals surface area (Å²) in [5.74, 6) is 6.24. The molecule has 1 rings (SSSR count). The minimum atomic E-state index is 0.113. The minimum Gasteiger partial charge on any atom is -0.304 e. The highest BCUT2D eigenvalue weighted by molar-refractivity contribution is 7.88. The first kappa shape index (κ1) is 6.19. The Morgan fingerprint density at radius 2 is 2.62 bits per heavy atom. The molecule has 1 aliphatic heterocycles. The molecule has 0 amide bonds. The smallest absolute Gasteiger partial charge is 0.0628 e. The molecule has 2 unspecified atom stereocenters. The normalized spacial score (nSPS) is 38.8. The molecule has 0 aromatic carbocycles. The standard InChI is InChI=1S/C4H11N3S/c1-4-6-2-3-8(4)7-5/h4,6H,2-3,5H2,1H3. The Kier molecular flexibility index (Phi) is 1.99. The third kappa shape index (κ3) is 1.07. The van der Waals surface area contributed by atoms with Crippen LogP contribution in [0.4, 0.5) is 0 Å². The van der Waals surface area contributed by atoms with Gasteiger partial charge in [-0.3, -0.25) is 0 Å². The fourth-order valence-electron chi connectivity index (χ4n) is 0.784. The van der Waals surface area contributed by atoms with Crippen molar-refractivity contribution in [1.29, 1.82) is 0 Å². The van der Waals surface area contributed by atoms with Crippen LogP contribution < -0.4 is 11.2 Å². The summed E-state index contributed by atoms with van der Waals surface area (Å²) in [6.45, 7) is 3.19. The van der Waals surface area contributed by atoms with Crippen molar-refractivity contribution in [2.45, 2.75) is 12.3 Å². The molecule has 1 aliphatic rings. The van der Waals surface area contributed by atoms with Crippen molar-refractivity contribution in [3.63, 3.8) is 0 Å². The van der Waals surface area contributed by atoms with Gasteiger partial charge in [0.2, 0.25) is 0 Å². The molecule has 1 saturated heterocycles. The van der Waals surface area contributed by atoms with Gasteiger partial charge in [0.1, 0.15) is 0 Å². The van der Waals surface area contributed by atoms with Gasteiger partial charge in [0.05, 0.1) is 5.37 Å². The molecule has 0 aromatic heterocycles. The van der Waals surface area contributed by atoms with Crippen LogP contribution in [0.2, 0.25) is 0 Å². The second-order valence-corrected chi connectivity index (χ2v) is 3.94. The zero-order valence-corrected chi connectivity index (χ0v) is 5.74. The van der Waals surface area contributed by atoms with Crippen LogP contribution in [0.25, 0.3) is 0 Å². The second kappa shape index (κ2) is 2.57. The van der Waals surface area contributed by atoms with E-state index in [-0.39, 0.29) is 10.7 Å². The third-order valence-electron chi connectivity index (χ3n) is 1.29. The molecular formula is C4H11N3S. The Labute approximate surface area is 51.7 Å². The lowest BCUT2D eigenvalue weighted by atomic mass is 10.7. The molecule has 1 fully saturated rings. The highest BCUT2D eigenvalue weighted by atomic mass is 32.2. The van der Waals surface area contributed by atoms with Crippen molar-refractivity contribution in [3.8, 4) is 0 Å². The van der Waals surface area contributed by atoms with Gasteiger partial charge in [-0.2, -0.15) is 4.47 Å². The number of nitrogens with two attached hydrogens (primary N) is 1. The Morgan fingerprint density at radius 1 is 1.88 bits per heavy atom. The molecule has 48 valence electrons. The molecule has 0 radical (unpaired) electrons. The molecule has 2 atom stereocenters. The van der Waals surface area contributed by atoms with Crippen LogP contribution in [-0.2, 0) is 10.7 Å². The van der Waals surface area contributed by atoms with Crippen molar-refractivity contribution < 1.29 is 0 Å². The largest absolute Gasteiger partial charge is 0.304 e. The SMILES string of the molecule is CC1NCC/S1=N\N. The highest BCUT2D eigenvalue weighted by Crippen LogP contribution is 2.00. The summed E-state index contributed by atoms with van der Waals surface area (Å²) in [5, 5.41) is 3.77. The molecule has 0 saturated carbocycles. The quantitative estimate of drug-likeness (QED) is 0.349. The summed E-state index contributed by atoms with van der Waals surface area (Å²) in [6.07, 6.45) is 0. The van der Waals surface area contributed by atoms with E-state index in [0.717, 1.165) is 12.3 Å². The van der Waals surface area contributed by atoms with Crippen LogP contribution in [-0.4, -0.2) is 17.7 Å². The third-order valence-corrected chi connectivity index (χ3v) is 3.16. The lowest BCUT2D eigenvalue weighted by Crippen LogP contribution is -2.19. The average molecular weight is 133 g/mol. The fourth-order valence-corrected chi connectivity index (χ4v) is 2.06. The summed E-state index contributed by atoms with van der Waals surface area (Å²) in [5.41, 5.74) is 0. The summed E-state index contributed by atoms with van der Waals surface area (Å²) in [7, 11) is 0.113. The van der Waals surface area contributed by atoms with E-state index in [1.165, 1.54) is 0 Å². The van der Waals surface area contributed by atoms with Gasteiger partial charge in [-0.05, 0) is 6.92 Å². The van der Waals surface area contributed by atoms with Crippen LogP contribution in [0.15, 0.2) is 4.47 Å². The van der Waals surface area contributed by atoms with Crippen LogP contribution in [0.5, 0.6) is 0 Å². The van der Waals surface area contributed by atoms with E-state index in [9.17, 15) is 0 Å². The summed E-state index contributed by atoms with van der Waals surface area (Å²) < 4.78 is 3.73. The lowest BCUT2D eigenvalue weighted by molar-refractivity contribution is 0.759. The first-order chi connectivity index (χ1) is 3.84. The molecule has 3 N–H and O–H groups in total. The van der Waals surface area contributed by atoms with E-state index < -0.39 is 0 Å². The number of nitrogens with zero attached hydrogens (tertiary/aromatic N) is 1. The predicted octanol–water partition coefficient (Wildman–Crippen LogP) is -0.389. The Bertz CT molecular complexity index is 112. The topological polar surface area (TPSA) is 50.4 Å². The fraction of sp³-hybridized carbons (Fsp3) is 1.00. The second-order valence-electron chi connectivity index (χ2n) is 1.81. The summed E-state index contributed by atoms with van der Waals surface area (Å²) >= 11 is 0. The molecule has 0 spiro atoms. The van der Waals surface area contributed by atoms with Gasteiger partial charge in [0.25, 0.3) is 0 Å². The monoisotopic (exact) mass is 133 g/mol.